The summed E-state index contributed by atoms with van der Waals surface area (Å²) >= 11 is 0. The molecule has 0 aliphatic rings. The minimum absolute atomic E-state index is 0.640. The summed E-state index contributed by atoms with van der Waals surface area (Å²) in [5.41, 5.74) is 2.18. The number of benzene rings is 1. The third-order valence-electron chi connectivity index (χ3n) is 3.57. The van der Waals surface area contributed by atoms with E-state index < -0.39 is 0 Å². The molecule has 0 aliphatic heterocycles. The second-order valence-electron chi connectivity index (χ2n) is 5.48. The van der Waals surface area contributed by atoms with E-state index in [0.717, 1.165) is 36.0 Å². The van der Waals surface area contributed by atoms with Crippen LogP contribution in [0.4, 0.5) is 0 Å². The third kappa shape index (κ3) is 5.09. The van der Waals surface area contributed by atoms with Crippen molar-refractivity contribution in [2.75, 3.05) is 20.1 Å². The second-order valence-corrected chi connectivity index (χ2v) is 5.48. The number of nitrogens with one attached hydrogen (secondary N) is 2. The Bertz CT molecular complexity index is 605. The van der Waals surface area contributed by atoms with Crippen LogP contribution < -0.4 is 5.32 Å². The molecule has 0 unspecified atom stereocenters. The van der Waals surface area contributed by atoms with Gasteiger partial charge in [-0.15, -0.1) is 0 Å². The monoisotopic (exact) mass is 314 g/mol. The van der Waals surface area contributed by atoms with Crippen molar-refractivity contribution in [3.05, 3.63) is 36.2 Å². The van der Waals surface area contributed by atoms with Gasteiger partial charge in [0.05, 0.1) is 6.54 Å². The zero-order chi connectivity index (χ0) is 16.5. The maximum Gasteiger partial charge on any atom is 0.193 e. The molecule has 6 heteroatoms. The minimum atomic E-state index is 0.640. The number of unbranched alkanes of at least 4 members (excludes halogenated alkanes) is 1. The molecule has 1 aromatic carbocycles. The highest BCUT2D eigenvalue weighted by molar-refractivity contribution is 5.79. The highest BCUT2D eigenvalue weighted by Crippen LogP contribution is 2.16. The lowest BCUT2D eigenvalue weighted by Gasteiger charge is -2.21. The highest BCUT2D eigenvalue weighted by atomic mass is 15.3. The van der Waals surface area contributed by atoms with Crippen molar-refractivity contribution >= 4 is 5.96 Å². The van der Waals surface area contributed by atoms with Crippen LogP contribution >= 0.6 is 0 Å². The maximum absolute atomic E-state index is 4.74. The van der Waals surface area contributed by atoms with Crippen molar-refractivity contribution in [2.24, 2.45) is 4.99 Å². The van der Waals surface area contributed by atoms with Gasteiger partial charge in [-0.3, -0.25) is 5.10 Å². The lowest BCUT2D eigenvalue weighted by atomic mass is 10.1. The number of aliphatic imine (C=N–C) groups is 1. The molecular formula is C17H26N6. The Morgan fingerprint density at radius 3 is 2.91 bits per heavy atom. The van der Waals surface area contributed by atoms with Gasteiger partial charge in [0.2, 0.25) is 0 Å². The molecule has 0 radical (unpaired) electrons. The topological polar surface area (TPSA) is 69.2 Å². The first-order valence-electron chi connectivity index (χ1n) is 8.18. The number of aromatic nitrogens is 3. The molecule has 0 fully saturated rings. The van der Waals surface area contributed by atoms with Crippen LogP contribution in [0.3, 0.4) is 0 Å². The number of H-pyrrole nitrogens is 1. The van der Waals surface area contributed by atoms with Crippen LogP contribution in [0.15, 0.2) is 35.6 Å². The Morgan fingerprint density at radius 1 is 1.35 bits per heavy atom. The lowest BCUT2D eigenvalue weighted by Crippen LogP contribution is -2.39. The molecule has 6 nitrogen and oxygen atoms in total. The first-order valence-corrected chi connectivity index (χ1v) is 8.18. The normalized spacial score (nSPS) is 11.5. The van der Waals surface area contributed by atoms with Gasteiger partial charge in [0.25, 0.3) is 0 Å². The molecule has 2 rings (SSSR count). The van der Waals surface area contributed by atoms with Gasteiger partial charge in [-0.25, -0.2) is 9.98 Å². The molecule has 1 aromatic heterocycles. The van der Waals surface area contributed by atoms with Crippen LogP contribution in [0.2, 0.25) is 0 Å². The van der Waals surface area contributed by atoms with Gasteiger partial charge in [0, 0.05) is 25.7 Å². The number of rotatable bonds is 7. The van der Waals surface area contributed by atoms with Crippen LogP contribution in [-0.2, 0) is 6.54 Å². The molecule has 0 aliphatic carbocycles. The molecule has 0 amide bonds. The molecule has 0 atom stereocenters. The van der Waals surface area contributed by atoms with Gasteiger partial charge in [0.15, 0.2) is 11.8 Å². The Kier molecular flexibility index (Phi) is 6.59. The molecule has 0 spiro atoms. The average Bonchev–Trinajstić information content (AvgIpc) is 3.11. The van der Waals surface area contributed by atoms with Crippen LogP contribution in [0.1, 0.15) is 32.3 Å². The zero-order valence-electron chi connectivity index (χ0n) is 14.2. The first kappa shape index (κ1) is 17.0. The van der Waals surface area contributed by atoms with E-state index in [-0.39, 0.29) is 0 Å². The van der Waals surface area contributed by atoms with E-state index in [9.17, 15) is 0 Å². The molecule has 124 valence electrons. The van der Waals surface area contributed by atoms with E-state index in [1.807, 2.05) is 12.1 Å². The summed E-state index contributed by atoms with van der Waals surface area (Å²) < 4.78 is 0. The van der Waals surface area contributed by atoms with Crippen LogP contribution in [0.25, 0.3) is 11.4 Å². The molecule has 0 saturated heterocycles. The Labute approximate surface area is 138 Å². The summed E-state index contributed by atoms with van der Waals surface area (Å²) in [6, 6.07) is 8.22. The Hall–Kier alpha value is -2.37. The number of guanidine groups is 1. The number of aromatic amines is 1. The van der Waals surface area contributed by atoms with E-state index in [4.69, 9.17) is 4.99 Å². The number of hydrogen-bond acceptors (Lipinski definition) is 3. The summed E-state index contributed by atoms with van der Waals surface area (Å²) in [6.07, 6.45) is 3.87. The predicted octanol–water partition coefficient (Wildman–Crippen LogP) is 2.67. The standard InChI is InChI=1S/C17H26N6/c1-4-6-10-23(3)17(18-5-2)19-12-14-8-7-9-15(11-14)16-20-13-21-22-16/h7-9,11,13H,4-6,10,12H2,1-3H3,(H,18,19)(H,20,21,22). The highest BCUT2D eigenvalue weighted by Gasteiger charge is 2.05. The summed E-state index contributed by atoms with van der Waals surface area (Å²) in [4.78, 5) is 11.1. The van der Waals surface area contributed by atoms with Crippen molar-refractivity contribution in [3.8, 4) is 11.4 Å². The van der Waals surface area contributed by atoms with Crippen molar-refractivity contribution in [2.45, 2.75) is 33.2 Å². The first-order chi connectivity index (χ1) is 11.2. The van der Waals surface area contributed by atoms with Crippen LogP contribution in [0.5, 0.6) is 0 Å². The fourth-order valence-electron chi connectivity index (χ4n) is 2.30. The Morgan fingerprint density at radius 2 is 2.22 bits per heavy atom. The molecule has 2 N–H and O–H groups in total. The smallest absolute Gasteiger partial charge is 0.193 e. The van der Waals surface area contributed by atoms with Crippen molar-refractivity contribution < 1.29 is 0 Å². The van der Waals surface area contributed by atoms with Crippen LogP contribution in [-0.4, -0.2) is 46.2 Å². The molecule has 0 bridgehead atoms. The van der Waals surface area contributed by atoms with Gasteiger partial charge in [-0.2, -0.15) is 5.10 Å². The quantitative estimate of drug-likeness (QED) is 0.609. The fraction of sp³-hybridized carbons (Fsp3) is 0.471. The number of hydrogen-bond donors (Lipinski definition) is 2. The Balaban J connectivity index is 2.08. The summed E-state index contributed by atoms with van der Waals surface area (Å²) in [6.45, 7) is 6.81. The van der Waals surface area contributed by atoms with Gasteiger partial charge < -0.3 is 10.2 Å². The largest absolute Gasteiger partial charge is 0.357 e. The minimum Gasteiger partial charge on any atom is -0.357 e. The van der Waals surface area contributed by atoms with E-state index in [2.05, 4.69) is 58.4 Å². The molecular weight excluding hydrogens is 288 g/mol. The molecule has 1 heterocycles. The maximum atomic E-state index is 4.74. The summed E-state index contributed by atoms with van der Waals surface area (Å²) in [5, 5.41) is 10.1. The van der Waals surface area contributed by atoms with Crippen molar-refractivity contribution in [1.29, 1.82) is 0 Å². The zero-order valence-corrected chi connectivity index (χ0v) is 14.2. The van der Waals surface area contributed by atoms with Crippen molar-refractivity contribution in [3.63, 3.8) is 0 Å². The van der Waals surface area contributed by atoms with Gasteiger partial charge in [0.1, 0.15) is 6.33 Å². The third-order valence-corrected chi connectivity index (χ3v) is 3.57. The van der Waals surface area contributed by atoms with Crippen LogP contribution in [0, 0.1) is 0 Å². The van der Waals surface area contributed by atoms with E-state index in [0.29, 0.717) is 6.54 Å². The molecule has 2 aromatic rings. The SMILES string of the molecule is CCCCN(C)C(=NCc1cccc(-c2ncn[nH]2)c1)NCC. The van der Waals surface area contributed by atoms with E-state index in [1.54, 1.807) is 0 Å². The van der Waals surface area contributed by atoms with E-state index in [1.165, 1.54) is 19.2 Å². The predicted molar refractivity (Wildman–Crippen MR) is 94.2 cm³/mol. The average molecular weight is 314 g/mol. The second kappa shape index (κ2) is 8.92. The molecule has 0 saturated carbocycles. The number of nitrogens with zero attached hydrogens (tertiary/aromatic N) is 4. The summed E-state index contributed by atoms with van der Waals surface area (Å²) in [5.74, 6) is 1.73. The molecule has 23 heavy (non-hydrogen) atoms. The van der Waals surface area contributed by atoms with Gasteiger partial charge in [-0.1, -0.05) is 31.5 Å². The van der Waals surface area contributed by atoms with Crippen molar-refractivity contribution in [1.82, 2.24) is 25.4 Å². The van der Waals surface area contributed by atoms with E-state index >= 15 is 0 Å². The van der Waals surface area contributed by atoms with Gasteiger partial charge in [-0.05, 0) is 25.0 Å². The van der Waals surface area contributed by atoms with Gasteiger partial charge >= 0.3 is 0 Å². The lowest BCUT2D eigenvalue weighted by molar-refractivity contribution is 0.465. The summed E-state index contributed by atoms with van der Waals surface area (Å²) in [7, 11) is 2.09. The fourth-order valence-corrected chi connectivity index (χ4v) is 2.30.